The average Bonchev–Trinajstić information content (AvgIpc) is 2.76. The fourth-order valence-corrected chi connectivity index (χ4v) is 2.14. The Bertz CT molecular complexity index is 627. The minimum atomic E-state index is -0.923. The van der Waals surface area contributed by atoms with Gasteiger partial charge in [0.1, 0.15) is 5.82 Å². The second-order valence-electron chi connectivity index (χ2n) is 3.90. The maximum absolute atomic E-state index is 13.6. The van der Waals surface area contributed by atoms with Crippen molar-refractivity contribution in [2.45, 2.75) is 13.5 Å². The lowest BCUT2D eigenvalue weighted by Gasteiger charge is -2.06. The Balaban J connectivity index is 2.12. The van der Waals surface area contributed by atoms with Gasteiger partial charge in [-0.05, 0) is 19.1 Å². The number of benzene rings is 1. The summed E-state index contributed by atoms with van der Waals surface area (Å²) in [5, 5.41) is 5.12. The number of hydrogen-bond donors (Lipinski definition) is 2. The molecule has 2 rings (SSSR count). The lowest BCUT2D eigenvalue weighted by atomic mass is 10.1. The quantitative estimate of drug-likeness (QED) is 0.849. The first-order valence-corrected chi connectivity index (χ1v) is 6.29. The van der Waals surface area contributed by atoms with Gasteiger partial charge in [0.25, 0.3) is 5.91 Å². The van der Waals surface area contributed by atoms with Crippen LogP contribution in [0.5, 0.6) is 0 Å². The molecule has 0 spiro atoms. The summed E-state index contributed by atoms with van der Waals surface area (Å²) in [4.78, 5) is 15.9. The summed E-state index contributed by atoms with van der Waals surface area (Å²) in [5.74, 6) is -2.41. The molecule has 3 N–H and O–H groups in total. The molecule has 0 saturated carbocycles. The molecule has 1 heterocycles. The Morgan fingerprint density at radius 2 is 2.21 bits per heavy atom. The summed E-state index contributed by atoms with van der Waals surface area (Å²) in [5.41, 5.74) is 5.13. The lowest BCUT2D eigenvalue weighted by Crippen LogP contribution is -2.24. The molecule has 0 radical (unpaired) electrons. The van der Waals surface area contributed by atoms with Crippen LogP contribution in [0, 0.1) is 18.6 Å². The number of hydrogen-bond acceptors (Lipinski definition) is 4. The second-order valence-corrected chi connectivity index (χ2v) is 4.96. The number of nitrogens with one attached hydrogen (secondary N) is 1. The minimum Gasteiger partial charge on any atom is -0.396 e. The SMILES string of the molecule is Cc1nc(CNC(=O)c2cc(F)cc(N)c2F)cs1. The lowest BCUT2D eigenvalue weighted by molar-refractivity contribution is 0.0946. The number of halogens is 2. The fraction of sp³-hybridized carbons (Fsp3) is 0.167. The number of amides is 1. The molecule has 0 fully saturated rings. The van der Waals surface area contributed by atoms with Crippen LogP contribution in [-0.4, -0.2) is 10.9 Å². The molecular weight excluding hydrogens is 272 g/mol. The number of carbonyl (C=O) groups is 1. The molecule has 7 heteroatoms. The van der Waals surface area contributed by atoms with Gasteiger partial charge < -0.3 is 11.1 Å². The van der Waals surface area contributed by atoms with Crippen LogP contribution < -0.4 is 11.1 Å². The average molecular weight is 283 g/mol. The van der Waals surface area contributed by atoms with E-state index in [1.165, 1.54) is 11.3 Å². The van der Waals surface area contributed by atoms with Gasteiger partial charge in [-0.15, -0.1) is 11.3 Å². The van der Waals surface area contributed by atoms with Crippen LogP contribution in [0.1, 0.15) is 21.1 Å². The smallest absolute Gasteiger partial charge is 0.254 e. The second kappa shape index (κ2) is 5.31. The number of nitrogens with zero attached hydrogens (tertiary/aromatic N) is 1. The van der Waals surface area contributed by atoms with Crippen molar-refractivity contribution in [3.8, 4) is 0 Å². The molecule has 0 aliphatic carbocycles. The molecule has 0 unspecified atom stereocenters. The summed E-state index contributed by atoms with van der Waals surface area (Å²) in [7, 11) is 0. The van der Waals surface area contributed by atoms with Crippen LogP contribution in [-0.2, 0) is 6.54 Å². The van der Waals surface area contributed by atoms with Crippen molar-refractivity contribution in [2.75, 3.05) is 5.73 Å². The van der Waals surface area contributed by atoms with Crippen molar-refractivity contribution in [3.63, 3.8) is 0 Å². The Kier molecular flexibility index (Phi) is 3.75. The van der Waals surface area contributed by atoms with E-state index in [0.717, 1.165) is 17.1 Å². The van der Waals surface area contributed by atoms with Crippen molar-refractivity contribution in [3.05, 3.63) is 45.4 Å². The minimum absolute atomic E-state index is 0.152. The predicted molar refractivity (Wildman–Crippen MR) is 68.8 cm³/mol. The zero-order valence-corrected chi connectivity index (χ0v) is 10.9. The molecule has 4 nitrogen and oxygen atoms in total. The van der Waals surface area contributed by atoms with Crippen LogP contribution in [0.4, 0.5) is 14.5 Å². The first-order chi connectivity index (χ1) is 8.97. The number of rotatable bonds is 3. The molecule has 0 saturated heterocycles. The van der Waals surface area contributed by atoms with Crippen LogP contribution >= 0.6 is 11.3 Å². The molecule has 1 aromatic carbocycles. The topological polar surface area (TPSA) is 68.0 Å². The highest BCUT2D eigenvalue weighted by Crippen LogP contribution is 2.17. The largest absolute Gasteiger partial charge is 0.396 e. The predicted octanol–water partition coefficient (Wildman–Crippen LogP) is 2.24. The summed E-state index contributed by atoms with van der Waals surface area (Å²) in [6.45, 7) is 1.99. The fourth-order valence-electron chi connectivity index (χ4n) is 1.53. The van der Waals surface area contributed by atoms with Crippen LogP contribution in [0.25, 0.3) is 0 Å². The van der Waals surface area contributed by atoms with Gasteiger partial charge in [0.05, 0.1) is 28.5 Å². The molecule has 0 aliphatic heterocycles. The highest BCUT2D eigenvalue weighted by atomic mass is 32.1. The molecule has 2 aromatic rings. The zero-order valence-electron chi connectivity index (χ0n) is 10.0. The van der Waals surface area contributed by atoms with Crippen molar-refractivity contribution < 1.29 is 13.6 Å². The Labute approximate surface area is 112 Å². The van der Waals surface area contributed by atoms with Gasteiger partial charge in [-0.25, -0.2) is 13.8 Å². The Morgan fingerprint density at radius 1 is 1.47 bits per heavy atom. The number of aryl methyl sites for hydroxylation is 1. The summed E-state index contributed by atoms with van der Waals surface area (Å²) < 4.78 is 26.7. The van der Waals surface area contributed by atoms with Gasteiger partial charge in [0.2, 0.25) is 0 Å². The van der Waals surface area contributed by atoms with Crippen LogP contribution in [0.15, 0.2) is 17.5 Å². The van der Waals surface area contributed by atoms with E-state index in [1.54, 1.807) is 5.38 Å². The monoisotopic (exact) mass is 283 g/mol. The normalized spacial score (nSPS) is 10.5. The van der Waals surface area contributed by atoms with Gasteiger partial charge in [0, 0.05) is 5.38 Å². The number of thiazole rings is 1. The molecule has 1 aromatic heterocycles. The molecule has 100 valence electrons. The van der Waals surface area contributed by atoms with Gasteiger partial charge in [-0.2, -0.15) is 0 Å². The van der Waals surface area contributed by atoms with E-state index < -0.39 is 28.8 Å². The first-order valence-electron chi connectivity index (χ1n) is 5.41. The Hall–Kier alpha value is -2.02. The number of carbonyl (C=O) groups excluding carboxylic acids is 1. The van der Waals surface area contributed by atoms with E-state index in [1.807, 2.05) is 6.92 Å². The number of nitrogens with two attached hydrogens (primary N) is 1. The van der Waals surface area contributed by atoms with Gasteiger partial charge in [-0.3, -0.25) is 4.79 Å². The van der Waals surface area contributed by atoms with Crippen molar-refractivity contribution >= 4 is 22.9 Å². The summed E-state index contributed by atoms with van der Waals surface area (Å²) in [6, 6.07) is 1.64. The van der Waals surface area contributed by atoms with Gasteiger partial charge in [0.15, 0.2) is 5.82 Å². The van der Waals surface area contributed by atoms with E-state index >= 15 is 0 Å². The highest BCUT2D eigenvalue weighted by molar-refractivity contribution is 7.09. The summed E-state index contributed by atoms with van der Waals surface area (Å²) >= 11 is 1.44. The first kappa shape index (κ1) is 13.4. The van der Waals surface area contributed by atoms with E-state index in [9.17, 15) is 13.6 Å². The standard InChI is InChI=1S/C12H11F2N3OS/c1-6-17-8(5-19-6)4-16-12(18)9-2-7(13)3-10(15)11(9)14/h2-3,5H,4,15H2,1H3,(H,16,18). The third kappa shape index (κ3) is 3.05. The van der Waals surface area contributed by atoms with E-state index in [2.05, 4.69) is 10.3 Å². The number of anilines is 1. The van der Waals surface area contributed by atoms with Gasteiger partial charge >= 0.3 is 0 Å². The number of aromatic nitrogens is 1. The zero-order chi connectivity index (χ0) is 14.0. The molecule has 1 amide bonds. The molecule has 0 aliphatic rings. The maximum Gasteiger partial charge on any atom is 0.254 e. The van der Waals surface area contributed by atoms with Crippen LogP contribution in [0.2, 0.25) is 0 Å². The van der Waals surface area contributed by atoms with Gasteiger partial charge in [-0.1, -0.05) is 0 Å². The van der Waals surface area contributed by atoms with Crippen molar-refractivity contribution in [2.24, 2.45) is 0 Å². The van der Waals surface area contributed by atoms with Crippen molar-refractivity contribution in [1.29, 1.82) is 0 Å². The maximum atomic E-state index is 13.6. The summed E-state index contributed by atoms with van der Waals surface area (Å²) in [6.07, 6.45) is 0. The van der Waals surface area contributed by atoms with E-state index in [4.69, 9.17) is 5.73 Å². The Morgan fingerprint density at radius 3 is 2.84 bits per heavy atom. The molecular formula is C12H11F2N3OS. The third-order valence-corrected chi connectivity index (χ3v) is 3.23. The van der Waals surface area contributed by atoms with Crippen LogP contribution in [0.3, 0.4) is 0 Å². The van der Waals surface area contributed by atoms with Crippen molar-refractivity contribution in [1.82, 2.24) is 10.3 Å². The molecule has 0 bridgehead atoms. The van der Waals surface area contributed by atoms with E-state index in [0.29, 0.717) is 5.69 Å². The third-order valence-electron chi connectivity index (χ3n) is 2.41. The highest BCUT2D eigenvalue weighted by Gasteiger charge is 2.16. The molecule has 19 heavy (non-hydrogen) atoms. The molecule has 0 atom stereocenters. The van der Waals surface area contributed by atoms with E-state index in [-0.39, 0.29) is 6.54 Å². The number of nitrogen functional groups attached to an aromatic ring is 1.